The lowest BCUT2D eigenvalue weighted by molar-refractivity contribution is 0.317. The van der Waals surface area contributed by atoms with Gasteiger partial charge in [-0.25, -0.2) is 0 Å². The average Bonchev–Trinajstić information content (AvgIpc) is 2.25. The summed E-state index contributed by atoms with van der Waals surface area (Å²) in [6, 6.07) is 7.08. The predicted molar refractivity (Wildman–Crippen MR) is 65.3 cm³/mol. The number of hydrogen-bond acceptors (Lipinski definition) is 3. The smallest absolute Gasteiger partial charge is 0.235 e. The zero-order valence-electron chi connectivity index (χ0n) is 9.13. The zero-order chi connectivity index (χ0) is 12.2. The van der Waals surface area contributed by atoms with Crippen molar-refractivity contribution in [3.8, 4) is 0 Å². The minimum Gasteiger partial charge on any atom is -0.411 e. The molecule has 0 unspecified atom stereocenters. The maximum absolute atomic E-state index is 11.6. The molecule has 0 saturated heterocycles. The number of hydrogen-bond donors (Lipinski definition) is 3. The van der Waals surface area contributed by atoms with Crippen molar-refractivity contribution in [3.63, 3.8) is 0 Å². The van der Waals surface area contributed by atoms with Crippen molar-refractivity contribution in [1.29, 1.82) is 0 Å². The first-order chi connectivity index (χ1) is 7.45. The fraction of sp³-hybridized carbons (Fsp3) is 0.300. The first-order valence-corrected chi connectivity index (χ1v) is 6.73. The summed E-state index contributed by atoms with van der Waals surface area (Å²) in [6.07, 6.45) is 1.18. The third kappa shape index (κ3) is 3.45. The monoisotopic (exact) mass is 241 g/mol. The SMILES string of the molecule is CC(CCc1ccccc1P(N)(N)=O)=NO. The van der Waals surface area contributed by atoms with E-state index < -0.39 is 7.44 Å². The zero-order valence-corrected chi connectivity index (χ0v) is 10.0. The summed E-state index contributed by atoms with van der Waals surface area (Å²) >= 11 is 0. The van der Waals surface area contributed by atoms with Gasteiger partial charge in [0.05, 0.1) is 5.71 Å². The Morgan fingerprint density at radius 1 is 1.44 bits per heavy atom. The van der Waals surface area contributed by atoms with E-state index in [4.69, 9.17) is 16.2 Å². The van der Waals surface area contributed by atoms with Crippen LogP contribution in [0.4, 0.5) is 0 Å². The second kappa shape index (κ2) is 5.25. The van der Waals surface area contributed by atoms with Crippen LogP contribution in [0.2, 0.25) is 0 Å². The van der Waals surface area contributed by atoms with Gasteiger partial charge < -0.3 is 5.21 Å². The largest absolute Gasteiger partial charge is 0.411 e. The first kappa shape index (κ1) is 12.9. The second-order valence-electron chi connectivity index (χ2n) is 3.67. The molecule has 0 saturated carbocycles. The van der Waals surface area contributed by atoms with Gasteiger partial charge in [0.2, 0.25) is 7.44 Å². The number of benzene rings is 1. The van der Waals surface area contributed by atoms with Crippen molar-refractivity contribution >= 4 is 18.5 Å². The summed E-state index contributed by atoms with van der Waals surface area (Å²) in [6.45, 7) is 1.72. The van der Waals surface area contributed by atoms with E-state index in [0.29, 0.717) is 23.9 Å². The van der Waals surface area contributed by atoms with Crippen LogP contribution in [0.5, 0.6) is 0 Å². The molecular weight excluding hydrogens is 225 g/mol. The summed E-state index contributed by atoms with van der Waals surface area (Å²) in [4.78, 5) is 0. The summed E-state index contributed by atoms with van der Waals surface area (Å²) in [5.41, 5.74) is 12.3. The molecule has 0 amide bonds. The number of nitrogens with two attached hydrogens (primary N) is 2. The Morgan fingerprint density at radius 2 is 2.06 bits per heavy atom. The van der Waals surface area contributed by atoms with Crippen LogP contribution in [0, 0.1) is 0 Å². The van der Waals surface area contributed by atoms with Gasteiger partial charge in [0.15, 0.2) is 0 Å². The fourth-order valence-electron chi connectivity index (χ4n) is 1.43. The Bertz CT molecular complexity index is 439. The summed E-state index contributed by atoms with van der Waals surface area (Å²) in [7, 11) is -3.23. The van der Waals surface area contributed by atoms with Crippen LogP contribution >= 0.6 is 7.44 Å². The van der Waals surface area contributed by atoms with Crippen molar-refractivity contribution in [1.82, 2.24) is 0 Å². The number of nitrogens with zero attached hydrogens (tertiary/aromatic N) is 1. The van der Waals surface area contributed by atoms with Crippen molar-refractivity contribution in [2.75, 3.05) is 0 Å². The minimum atomic E-state index is -3.23. The highest BCUT2D eigenvalue weighted by molar-refractivity contribution is 7.67. The van der Waals surface area contributed by atoms with Crippen LogP contribution < -0.4 is 16.3 Å². The second-order valence-corrected chi connectivity index (χ2v) is 5.57. The molecule has 0 bridgehead atoms. The molecule has 16 heavy (non-hydrogen) atoms. The van der Waals surface area contributed by atoms with Crippen LogP contribution in [-0.2, 0) is 11.0 Å². The Kier molecular flexibility index (Phi) is 4.24. The number of aryl methyl sites for hydroxylation is 1. The molecule has 0 atom stereocenters. The molecule has 6 heteroatoms. The fourth-order valence-corrected chi connectivity index (χ4v) is 2.38. The van der Waals surface area contributed by atoms with Gasteiger partial charge in [-0.1, -0.05) is 23.4 Å². The maximum Gasteiger partial charge on any atom is 0.235 e. The molecule has 0 heterocycles. The highest BCUT2D eigenvalue weighted by Crippen LogP contribution is 2.26. The first-order valence-electron chi connectivity index (χ1n) is 4.88. The molecule has 0 aliphatic carbocycles. The van der Waals surface area contributed by atoms with Crippen LogP contribution in [0.1, 0.15) is 18.9 Å². The van der Waals surface area contributed by atoms with Gasteiger partial charge in [-0.05, 0) is 31.4 Å². The molecule has 1 aromatic carbocycles. The van der Waals surface area contributed by atoms with Gasteiger partial charge in [-0.15, -0.1) is 0 Å². The van der Waals surface area contributed by atoms with Crippen molar-refractivity contribution in [2.24, 2.45) is 16.2 Å². The quantitative estimate of drug-likeness (QED) is 0.319. The predicted octanol–water partition coefficient (Wildman–Crippen LogP) is 1.21. The summed E-state index contributed by atoms with van der Waals surface area (Å²) in [5, 5.41) is 12.1. The van der Waals surface area contributed by atoms with E-state index in [-0.39, 0.29) is 0 Å². The maximum atomic E-state index is 11.6. The topological polar surface area (TPSA) is 102 Å². The Morgan fingerprint density at radius 3 is 2.62 bits per heavy atom. The van der Waals surface area contributed by atoms with Gasteiger partial charge in [0, 0.05) is 5.30 Å². The van der Waals surface area contributed by atoms with Crippen molar-refractivity contribution in [3.05, 3.63) is 29.8 Å². The van der Waals surface area contributed by atoms with Crippen molar-refractivity contribution < 1.29 is 9.77 Å². The van der Waals surface area contributed by atoms with E-state index in [1.807, 2.05) is 12.1 Å². The van der Waals surface area contributed by atoms with Crippen LogP contribution in [0.15, 0.2) is 29.4 Å². The summed E-state index contributed by atoms with van der Waals surface area (Å²) < 4.78 is 11.6. The molecule has 5 nitrogen and oxygen atoms in total. The van der Waals surface area contributed by atoms with E-state index in [1.54, 1.807) is 19.1 Å². The molecular formula is C10H16N3O2P. The molecule has 1 rings (SSSR count). The third-order valence-corrected chi connectivity index (χ3v) is 3.48. The Balaban J connectivity index is 2.92. The minimum absolute atomic E-state index is 0.487. The lowest BCUT2D eigenvalue weighted by Gasteiger charge is -2.12. The molecule has 0 aliphatic rings. The average molecular weight is 241 g/mol. The van der Waals surface area contributed by atoms with E-state index in [1.165, 1.54) is 0 Å². The number of rotatable bonds is 4. The normalized spacial score (nSPS) is 12.8. The van der Waals surface area contributed by atoms with E-state index >= 15 is 0 Å². The highest BCUT2D eigenvalue weighted by Gasteiger charge is 2.16. The highest BCUT2D eigenvalue weighted by atomic mass is 31.2. The van der Waals surface area contributed by atoms with Gasteiger partial charge in [-0.2, -0.15) is 0 Å². The Hall–Kier alpha value is -1.16. The molecule has 0 spiro atoms. The van der Waals surface area contributed by atoms with Crippen molar-refractivity contribution in [2.45, 2.75) is 19.8 Å². The summed E-state index contributed by atoms with van der Waals surface area (Å²) in [5.74, 6) is 0. The Labute approximate surface area is 94.6 Å². The molecule has 0 aromatic heterocycles. The third-order valence-electron chi connectivity index (χ3n) is 2.29. The van der Waals surface area contributed by atoms with E-state index in [2.05, 4.69) is 5.16 Å². The van der Waals surface area contributed by atoms with Gasteiger partial charge in [0.25, 0.3) is 0 Å². The standard InChI is InChI=1S/C10H16N3O2P/c1-8(13-14)6-7-9-4-2-3-5-10(9)16(11,12)15/h2-5,14H,6-7H2,1H3,(H4,11,12,15). The van der Waals surface area contributed by atoms with Crippen LogP contribution in [0.25, 0.3) is 0 Å². The van der Waals surface area contributed by atoms with E-state index in [0.717, 1.165) is 5.56 Å². The van der Waals surface area contributed by atoms with E-state index in [9.17, 15) is 4.57 Å². The molecule has 0 radical (unpaired) electrons. The lowest BCUT2D eigenvalue weighted by Crippen LogP contribution is -2.22. The van der Waals surface area contributed by atoms with Gasteiger partial charge in [0.1, 0.15) is 0 Å². The molecule has 5 N–H and O–H groups in total. The van der Waals surface area contributed by atoms with Gasteiger partial charge >= 0.3 is 0 Å². The number of oxime groups is 1. The lowest BCUT2D eigenvalue weighted by atomic mass is 10.1. The molecule has 88 valence electrons. The molecule has 0 aliphatic heterocycles. The van der Waals surface area contributed by atoms with Crippen LogP contribution in [-0.4, -0.2) is 10.9 Å². The molecule has 0 fully saturated rings. The van der Waals surface area contributed by atoms with Gasteiger partial charge in [-0.3, -0.25) is 15.6 Å². The molecule has 1 aromatic rings. The van der Waals surface area contributed by atoms with Crippen LogP contribution in [0.3, 0.4) is 0 Å².